The van der Waals surface area contributed by atoms with Crippen molar-refractivity contribution < 1.29 is 14.3 Å². The quantitative estimate of drug-likeness (QED) is 0.842. The summed E-state index contributed by atoms with van der Waals surface area (Å²) >= 11 is 3.36. The molecule has 0 atom stereocenters. The lowest BCUT2D eigenvalue weighted by atomic mass is 10.1. The summed E-state index contributed by atoms with van der Waals surface area (Å²) in [5, 5.41) is 5.35. The standard InChI is InChI=1S/C17H17BrN2O3/c1-19-17(22)12-5-8-14(15(10-12)23-2)20-16(21)9-11-3-6-13(18)7-4-11/h3-8,10H,9H2,1-2H3,(H,19,22)(H,20,21). The first-order chi connectivity index (χ1) is 11.0. The summed E-state index contributed by atoms with van der Waals surface area (Å²) in [5.41, 5.74) is 1.91. The second-order valence-corrected chi connectivity index (χ2v) is 5.76. The van der Waals surface area contributed by atoms with Crippen LogP contribution in [-0.2, 0) is 11.2 Å². The Morgan fingerprint density at radius 1 is 1.13 bits per heavy atom. The predicted octanol–water partition coefficient (Wildman–Crippen LogP) is 3.00. The van der Waals surface area contributed by atoms with Crippen molar-refractivity contribution in [3.8, 4) is 5.75 Å². The molecule has 0 fully saturated rings. The van der Waals surface area contributed by atoms with Gasteiger partial charge in [0.2, 0.25) is 5.91 Å². The van der Waals surface area contributed by atoms with Crippen LogP contribution in [0.4, 0.5) is 5.69 Å². The van der Waals surface area contributed by atoms with Crippen molar-refractivity contribution in [3.63, 3.8) is 0 Å². The van der Waals surface area contributed by atoms with Crippen LogP contribution in [-0.4, -0.2) is 26.0 Å². The van der Waals surface area contributed by atoms with Crippen molar-refractivity contribution in [1.29, 1.82) is 0 Å². The minimum atomic E-state index is -0.212. The summed E-state index contributed by atoms with van der Waals surface area (Å²) in [5.74, 6) is 0.0737. The molecule has 120 valence electrons. The van der Waals surface area contributed by atoms with Gasteiger partial charge in [-0.25, -0.2) is 0 Å². The van der Waals surface area contributed by atoms with Gasteiger partial charge in [-0.3, -0.25) is 9.59 Å². The fourth-order valence-electron chi connectivity index (χ4n) is 2.06. The molecule has 0 bridgehead atoms. The average Bonchev–Trinajstić information content (AvgIpc) is 2.56. The number of nitrogens with one attached hydrogen (secondary N) is 2. The molecule has 2 amide bonds. The maximum atomic E-state index is 12.2. The van der Waals surface area contributed by atoms with E-state index in [0.29, 0.717) is 17.0 Å². The minimum Gasteiger partial charge on any atom is -0.495 e. The van der Waals surface area contributed by atoms with E-state index in [1.165, 1.54) is 7.11 Å². The normalized spacial score (nSPS) is 10.0. The lowest BCUT2D eigenvalue weighted by Gasteiger charge is -2.11. The molecule has 0 radical (unpaired) electrons. The molecule has 0 saturated heterocycles. The van der Waals surface area contributed by atoms with Gasteiger partial charge in [0.25, 0.3) is 5.91 Å². The number of anilines is 1. The van der Waals surface area contributed by atoms with Crippen molar-refractivity contribution >= 4 is 33.4 Å². The number of methoxy groups -OCH3 is 1. The van der Waals surface area contributed by atoms with Gasteiger partial charge in [-0.15, -0.1) is 0 Å². The number of carbonyl (C=O) groups excluding carboxylic acids is 2. The fourth-order valence-corrected chi connectivity index (χ4v) is 2.33. The molecule has 0 aliphatic heterocycles. The summed E-state index contributed by atoms with van der Waals surface area (Å²) in [6.07, 6.45) is 0.258. The Morgan fingerprint density at radius 3 is 2.43 bits per heavy atom. The highest BCUT2D eigenvalue weighted by molar-refractivity contribution is 9.10. The van der Waals surface area contributed by atoms with Gasteiger partial charge in [-0.2, -0.15) is 0 Å². The SMILES string of the molecule is CNC(=O)c1ccc(NC(=O)Cc2ccc(Br)cc2)c(OC)c1. The highest BCUT2D eigenvalue weighted by Gasteiger charge is 2.12. The summed E-state index contributed by atoms with van der Waals surface area (Å²) in [6, 6.07) is 12.4. The van der Waals surface area contributed by atoms with Gasteiger partial charge >= 0.3 is 0 Å². The van der Waals surface area contributed by atoms with Gasteiger partial charge in [0.15, 0.2) is 0 Å². The van der Waals surface area contributed by atoms with Crippen molar-refractivity contribution in [2.24, 2.45) is 0 Å². The molecule has 2 aromatic carbocycles. The smallest absolute Gasteiger partial charge is 0.251 e. The fraction of sp³-hybridized carbons (Fsp3) is 0.176. The van der Waals surface area contributed by atoms with Gasteiger partial charge in [0.1, 0.15) is 5.75 Å². The van der Waals surface area contributed by atoms with Gasteiger partial charge in [-0.1, -0.05) is 28.1 Å². The highest BCUT2D eigenvalue weighted by atomic mass is 79.9. The third-order valence-corrected chi connectivity index (χ3v) is 3.77. The molecule has 2 N–H and O–H groups in total. The Morgan fingerprint density at radius 2 is 1.83 bits per heavy atom. The molecule has 2 rings (SSSR count). The van der Waals surface area contributed by atoms with E-state index in [4.69, 9.17) is 4.74 Å². The van der Waals surface area contributed by atoms with Crippen LogP contribution >= 0.6 is 15.9 Å². The van der Waals surface area contributed by atoms with Crippen molar-refractivity contribution in [3.05, 3.63) is 58.1 Å². The van der Waals surface area contributed by atoms with Crippen LogP contribution < -0.4 is 15.4 Å². The highest BCUT2D eigenvalue weighted by Crippen LogP contribution is 2.26. The predicted molar refractivity (Wildman–Crippen MR) is 92.9 cm³/mol. The Balaban J connectivity index is 2.10. The molecule has 0 aromatic heterocycles. The number of carbonyl (C=O) groups is 2. The molecule has 2 aromatic rings. The number of halogens is 1. The maximum absolute atomic E-state index is 12.2. The zero-order valence-corrected chi connectivity index (χ0v) is 14.4. The molecule has 23 heavy (non-hydrogen) atoms. The van der Waals surface area contributed by atoms with Crippen molar-refractivity contribution in [2.45, 2.75) is 6.42 Å². The second kappa shape index (κ2) is 7.78. The van der Waals surface area contributed by atoms with E-state index in [0.717, 1.165) is 10.0 Å². The van der Waals surface area contributed by atoms with Crippen LogP contribution in [0.15, 0.2) is 46.9 Å². The Labute approximate surface area is 143 Å². The van der Waals surface area contributed by atoms with Crippen LogP contribution in [0, 0.1) is 0 Å². The molecular weight excluding hydrogens is 360 g/mol. The van der Waals surface area contributed by atoms with Crippen LogP contribution in [0.3, 0.4) is 0 Å². The molecule has 0 spiro atoms. The number of hydrogen-bond donors (Lipinski definition) is 2. The third kappa shape index (κ3) is 4.56. The number of ether oxygens (including phenoxy) is 1. The first-order valence-corrected chi connectivity index (χ1v) is 7.77. The number of hydrogen-bond acceptors (Lipinski definition) is 3. The van der Waals surface area contributed by atoms with E-state index in [-0.39, 0.29) is 18.2 Å². The lowest BCUT2D eigenvalue weighted by molar-refractivity contribution is -0.115. The molecule has 5 nitrogen and oxygen atoms in total. The monoisotopic (exact) mass is 376 g/mol. The van der Waals surface area contributed by atoms with Crippen LogP contribution in [0.25, 0.3) is 0 Å². The third-order valence-electron chi connectivity index (χ3n) is 3.24. The van der Waals surface area contributed by atoms with Crippen LogP contribution in [0.2, 0.25) is 0 Å². The average molecular weight is 377 g/mol. The second-order valence-electron chi connectivity index (χ2n) is 4.85. The van der Waals surface area contributed by atoms with Crippen molar-refractivity contribution in [1.82, 2.24) is 5.32 Å². The topological polar surface area (TPSA) is 67.4 Å². The Hall–Kier alpha value is -2.34. The number of rotatable bonds is 5. The van der Waals surface area contributed by atoms with E-state index in [1.54, 1.807) is 25.2 Å². The summed E-state index contributed by atoms with van der Waals surface area (Å²) in [7, 11) is 3.05. The zero-order valence-electron chi connectivity index (χ0n) is 12.9. The molecule has 0 heterocycles. The molecule has 0 unspecified atom stereocenters. The van der Waals surface area contributed by atoms with E-state index in [2.05, 4.69) is 26.6 Å². The number of amides is 2. The Kier molecular flexibility index (Phi) is 5.76. The molecule has 0 aliphatic carbocycles. The van der Waals surface area contributed by atoms with E-state index < -0.39 is 0 Å². The van der Waals surface area contributed by atoms with Crippen molar-refractivity contribution in [2.75, 3.05) is 19.5 Å². The molecule has 0 saturated carbocycles. The van der Waals surface area contributed by atoms with Gasteiger partial charge in [0.05, 0.1) is 19.2 Å². The van der Waals surface area contributed by atoms with E-state index in [9.17, 15) is 9.59 Å². The van der Waals surface area contributed by atoms with Gasteiger partial charge in [-0.05, 0) is 35.9 Å². The Bertz CT molecular complexity index is 714. The zero-order chi connectivity index (χ0) is 16.8. The van der Waals surface area contributed by atoms with Crippen LogP contribution in [0.1, 0.15) is 15.9 Å². The molecular formula is C17H17BrN2O3. The minimum absolute atomic E-state index is 0.154. The maximum Gasteiger partial charge on any atom is 0.251 e. The lowest BCUT2D eigenvalue weighted by Crippen LogP contribution is -2.18. The summed E-state index contributed by atoms with van der Waals surface area (Å²) < 4.78 is 6.21. The van der Waals surface area contributed by atoms with Gasteiger partial charge < -0.3 is 15.4 Å². The first-order valence-electron chi connectivity index (χ1n) is 6.98. The van der Waals surface area contributed by atoms with E-state index in [1.807, 2.05) is 24.3 Å². The summed E-state index contributed by atoms with van der Waals surface area (Å²) in [6.45, 7) is 0. The largest absolute Gasteiger partial charge is 0.495 e. The van der Waals surface area contributed by atoms with Crippen LogP contribution in [0.5, 0.6) is 5.75 Å². The summed E-state index contributed by atoms with van der Waals surface area (Å²) in [4.78, 5) is 23.8. The van der Waals surface area contributed by atoms with E-state index >= 15 is 0 Å². The molecule has 0 aliphatic rings. The first kappa shape index (κ1) is 17.0. The van der Waals surface area contributed by atoms with Gasteiger partial charge in [0, 0.05) is 17.1 Å². The number of benzene rings is 2. The molecule has 6 heteroatoms.